The second-order valence-corrected chi connectivity index (χ2v) is 19.9. The van der Waals surface area contributed by atoms with Crippen LogP contribution in [0, 0.1) is 0 Å². The van der Waals surface area contributed by atoms with Crippen LogP contribution < -0.4 is 0 Å². The zero-order chi connectivity index (χ0) is 21.6. The lowest BCUT2D eigenvalue weighted by Crippen LogP contribution is -2.57. The molecule has 2 atom stereocenters. The van der Waals surface area contributed by atoms with E-state index in [1.807, 2.05) is 39.3 Å². The third-order valence-corrected chi connectivity index (χ3v) is 11.6. The van der Waals surface area contributed by atoms with Crippen molar-refractivity contribution in [1.82, 2.24) is 0 Å². The SMILES string of the molecule is C/C=C(\C)C(=O)OC(=O)C(O)(CO)C(CC)[Si](O[Si](C)(C)C)O[Si](C)(C)C. The summed E-state index contributed by atoms with van der Waals surface area (Å²) >= 11 is 0. The summed E-state index contributed by atoms with van der Waals surface area (Å²) in [4.78, 5) is 24.6. The van der Waals surface area contributed by atoms with Crippen LogP contribution in [0.4, 0.5) is 0 Å². The number of carbonyl (C=O) groups excluding carboxylic acids is 2. The van der Waals surface area contributed by atoms with Gasteiger partial charge < -0.3 is 23.2 Å². The molecule has 0 rings (SSSR count). The normalized spacial score (nSPS) is 16.8. The Kier molecular flexibility index (Phi) is 10.00. The molecule has 2 N–H and O–H groups in total. The molecule has 0 saturated heterocycles. The van der Waals surface area contributed by atoms with E-state index in [9.17, 15) is 19.8 Å². The van der Waals surface area contributed by atoms with E-state index in [4.69, 9.17) is 13.0 Å². The van der Waals surface area contributed by atoms with Crippen molar-refractivity contribution in [2.45, 2.75) is 77.6 Å². The van der Waals surface area contributed by atoms with E-state index in [1.54, 1.807) is 13.8 Å². The second-order valence-electron chi connectivity index (χ2n) is 8.44. The summed E-state index contributed by atoms with van der Waals surface area (Å²) in [6.45, 7) is 16.0. The molecule has 0 spiro atoms. The lowest BCUT2D eigenvalue weighted by atomic mass is 9.98. The number of carbonyl (C=O) groups is 2. The topological polar surface area (TPSA) is 102 Å². The van der Waals surface area contributed by atoms with E-state index in [0.29, 0.717) is 6.42 Å². The molecule has 0 fully saturated rings. The number of allylic oxidation sites excluding steroid dienone is 1. The first-order valence-corrected chi connectivity index (χ1v) is 17.3. The van der Waals surface area contributed by atoms with Gasteiger partial charge >= 0.3 is 21.2 Å². The van der Waals surface area contributed by atoms with Gasteiger partial charge in [0.15, 0.2) is 22.2 Å². The molecule has 157 valence electrons. The van der Waals surface area contributed by atoms with Gasteiger partial charge in [0.05, 0.1) is 6.61 Å². The van der Waals surface area contributed by atoms with Crippen molar-refractivity contribution in [3.8, 4) is 0 Å². The molecule has 10 heteroatoms. The van der Waals surface area contributed by atoms with Gasteiger partial charge in [0.25, 0.3) is 0 Å². The van der Waals surface area contributed by atoms with Gasteiger partial charge in [-0.2, -0.15) is 0 Å². The molecule has 0 aliphatic heterocycles. The molecule has 2 unspecified atom stereocenters. The molecule has 0 aromatic carbocycles. The highest BCUT2D eigenvalue weighted by molar-refractivity contribution is 6.81. The molecular formula is C17H35O7Si3. The third-order valence-electron chi connectivity index (χ3n) is 3.62. The average Bonchev–Trinajstić information content (AvgIpc) is 2.50. The number of esters is 2. The molecule has 0 bridgehead atoms. The summed E-state index contributed by atoms with van der Waals surface area (Å²) in [6.07, 6.45) is 1.83. The number of aliphatic hydroxyl groups excluding tert-OH is 1. The van der Waals surface area contributed by atoms with Crippen molar-refractivity contribution in [1.29, 1.82) is 0 Å². The van der Waals surface area contributed by atoms with Crippen LogP contribution in [0.15, 0.2) is 11.6 Å². The molecular weight excluding hydrogens is 400 g/mol. The molecule has 0 aliphatic carbocycles. The van der Waals surface area contributed by atoms with Crippen LogP contribution in [-0.4, -0.2) is 60.3 Å². The Bertz CT molecular complexity index is 536. The molecule has 0 saturated carbocycles. The van der Waals surface area contributed by atoms with Gasteiger partial charge in [-0.3, -0.25) is 0 Å². The van der Waals surface area contributed by atoms with Crippen molar-refractivity contribution in [2.75, 3.05) is 6.61 Å². The Morgan fingerprint density at radius 1 is 1.11 bits per heavy atom. The number of rotatable bonds is 10. The van der Waals surface area contributed by atoms with E-state index in [1.165, 1.54) is 13.0 Å². The summed E-state index contributed by atoms with van der Waals surface area (Å²) in [7, 11) is -6.25. The van der Waals surface area contributed by atoms with Crippen LogP contribution >= 0.6 is 0 Å². The predicted molar refractivity (Wildman–Crippen MR) is 111 cm³/mol. The first kappa shape index (κ1) is 26.4. The fourth-order valence-electron chi connectivity index (χ4n) is 2.15. The minimum Gasteiger partial charge on any atom is -0.435 e. The van der Waals surface area contributed by atoms with Gasteiger partial charge in [0.1, 0.15) is 0 Å². The predicted octanol–water partition coefficient (Wildman–Crippen LogP) is 2.72. The van der Waals surface area contributed by atoms with Crippen LogP contribution in [0.2, 0.25) is 44.8 Å². The van der Waals surface area contributed by atoms with Crippen LogP contribution in [-0.2, 0) is 22.6 Å². The Hall–Kier alpha value is -0.629. The quantitative estimate of drug-likeness (QED) is 0.235. The highest BCUT2D eigenvalue weighted by Gasteiger charge is 2.53. The first-order valence-electron chi connectivity index (χ1n) is 9.09. The zero-order valence-corrected chi connectivity index (χ0v) is 21.0. The van der Waals surface area contributed by atoms with Gasteiger partial charge in [0.2, 0.25) is 0 Å². The lowest BCUT2D eigenvalue weighted by molar-refractivity contribution is -0.176. The number of ether oxygens (including phenoxy) is 1. The number of aliphatic hydroxyl groups is 2. The van der Waals surface area contributed by atoms with Crippen LogP contribution in [0.25, 0.3) is 0 Å². The van der Waals surface area contributed by atoms with E-state index < -0.39 is 55.6 Å². The van der Waals surface area contributed by atoms with Crippen molar-refractivity contribution < 1.29 is 32.8 Å². The molecule has 0 heterocycles. The largest absolute Gasteiger partial charge is 0.435 e. The third kappa shape index (κ3) is 8.50. The summed E-state index contributed by atoms with van der Waals surface area (Å²) in [5, 5.41) is 20.9. The Labute approximate surface area is 166 Å². The first-order chi connectivity index (χ1) is 12.1. The van der Waals surface area contributed by atoms with Crippen molar-refractivity contribution in [3.63, 3.8) is 0 Å². The van der Waals surface area contributed by atoms with Gasteiger partial charge in [0, 0.05) is 11.1 Å². The van der Waals surface area contributed by atoms with Crippen LogP contribution in [0.5, 0.6) is 0 Å². The van der Waals surface area contributed by atoms with E-state index in [-0.39, 0.29) is 5.57 Å². The summed E-state index contributed by atoms with van der Waals surface area (Å²) in [5.41, 5.74) is -2.83. The van der Waals surface area contributed by atoms with E-state index in [2.05, 4.69) is 0 Å². The van der Waals surface area contributed by atoms with E-state index >= 15 is 0 Å². The molecule has 1 radical (unpaired) electrons. The fourth-order valence-corrected chi connectivity index (χ4v) is 9.59. The Balaban J connectivity index is 5.88. The van der Waals surface area contributed by atoms with Crippen molar-refractivity contribution in [3.05, 3.63) is 11.6 Å². The van der Waals surface area contributed by atoms with Crippen molar-refractivity contribution in [2.24, 2.45) is 0 Å². The molecule has 7 nitrogen and oxygen atoms in total. The van der Waals surface area contributed by atoms with Gasteiger partial charge in [-0.1, -0.05) is 13.0 Å². The average molecular weight is 436 g/mol. The molecule has 0 aromatic heterocycles. The molecule has 0 aliphatic rings. The fraction of sp³-hybridized carbons (Fsp3) is 0.765. The number of hydrogen-bond acceptors (Lipinski definition) is 7. The maximum atomic E-state index is 12.6. The maximum Gasteiger partial charge on any atom is 0.369 e. The van der Waals surface area contributed by atoms with Gasteiger partial charge in [-0.15, -0.1) is 0 Å². The standard InChI is InChI=1S/C17H35O7Si3/c1-10-13(3)15(19)22-16(20)17(21,12-18)14(11-2)25(23-26(4,5)6)24-27(7,8)9/h10,14,18,21H,11-12H2,1-9H3/b13-10+. The van der Waals surface area contributed by atoms with Crippen LogP contribution in [0.1, 0.15) is 27.2 Å². The number of hydrogen-bond donors (Lipinski definition) is 2. The highest BCUT2D eigenvalue weighted by atomic mass is 28.4. The Morgan fingerprint density at radius 2 is 1.56 bits per heavy atom. The monoisotopic (exact) mass is 435 g/mol. The molecule has 0 amide bonds. The minimum absolute atomic E-state index is 0.235. The van der Waals surface area contributed by atoms with Crippen molar-refractivity contribution >= 4 is 37.9 Å². The maximum absolute atomic E-state index is 12.6. The lowest BCUT2D eigenvalue weighted by Gasteiger charge is -2.39. The summed E-state index contributed by atoms with van der Waals surface area (Å²) in [5.74, 6) is -2.03. The van der Waals surface area contributed by atoms with Crippen LogP contribution in [0.3, 0.4) is 0 Å². The molecule has 0 aromatic rings. The summed E-state index contributed by atoms with van der Waals surface area (Å²) < 4.78 is 17.3. The second kappa shape index (κ2) is 10.2. The zero-order valence-electron chi connectivity index (χ0n) is 18.0. The summed E-state index contributed by atoms with van der Waals surface area (Å²) in [6, 6.07) is 0. The van der Waals surface area contributed by atoms with E-state index in [0.717, 1.165) is 0 Å². The van der Waals surface area contributed by atoms with Gasteiger partial charge in [-0.05, 0) is 59.6 Å². The Morgan fingerprint density at radius 3 is 1.85 bits per heavy atom. The molecule has 27 heavy (non-hydrogen) atoms. The minimum atomic E-state index is -2.27. The smallest absolute Gasteiger partial charge is 0.369 e. The van der Waals surface area contributed by atoms with Gasteiger partial charge in [-0.25, -0.2) is 9.59 Å². The highest BCUT2D eigenvalue weighted by Crippen LogP contribution is 2.35.